The van der Waals surface area contributed by atoms with Gasteiger partial charge in [-0.15, -0.1) is 0 Å². The molecule has 1 fully saturated rings. The molecular weight excluding hydrogens is 325 g/mol. The molecule has 1 saturated heterocycles. The summed E-state index contributed by atoms with van der Waals surface area (Å²) in [5, 5.41) is 0. The van der Waals surface area contributed by atoms with Gasteiger partial charge in [-0.1, -0.05) is 12.1 Å². The predicted molar refractivity (Wildman–Crippen MR) is 89.4 cm³/mol. The summed E-state index contributed by atoms with van der Waals surface area (Å²) in [7, 11) is 0. The number of hydrazine groups is 1. The lowest BCUT2D eigenvalue weighted by Gasteiger charge is -2.15. The maximum atomic E-state index is 13.5. The molecule has 1 aliphatic rings. The second-order valence-corrected chi connectivity index (χ2v) is 5.58. The highest BCUT2D eigenvalue weighted by molar-refractivity contribution is 6.00. The van der Waals surface area contributed by atoms with Gasteiger partial charge in [0.2, 0.25) is 5.91 Å². The first-order chi connectivity index (χ1) is 12.1. The summed E-state index contributed by atoms with van der Waals surface area (Å²) in [5.74, 6) is -1.89. The fourth-order valence-electron chi connectivity index (χ4n) is 2.61. The molecule has 0 saturated carbocycles. The van der Waals surface area contributed by atoms with Gasteiger partial charge in [0.15, 0.2) is 0 Å². The van der Waals surface area contributed by atoms with Crippen molar-refractivity contribution in [3.05, 3.63) is 65.5 Å². The molecular formula is C18H16FN3O3. The van der Waals surface area contributed by atoms with Gasteiger partial charge in [0.25, 0.3) is 11.8 Å². The van der Waals surface area contributed by atoms with Crippen molar-refractivity contribution in [3.8, 4) is 0 Å². The second kappa shape index (κ2) is 7.12. The van der Waals surface area contributed by atoms with Crippen LogP contribution in [0.4, 0.5) is 10.1 Å². The van der Waals surface area contributed by atoms with Crippen LogP contribution in [0.1, 0.15) is 33.6 Å². The zero-order valence-electron chi connectivity index (χ0n) is 13.3. The normalized spacial score (nSPS) is 13.6. The SMILES string of the molecule is O=C(NNC(=O)c1ccccc1F)c1ccc(N2CCCC2=O)cc1. The lowest BCUT2D eigenvalue weighted by Crippen LogP contribution is -2.41. The molecule has 3 rings (SSSR count). The van der Waals surface area contributed by atoms with E-state index in [0.717, 1.165) is 18.2 Å². The topological polar surface area (TPSA) is 78.5 Å². The lowest BCUT2D eigenvalue weighted by molar-refractivity contribution is -0.117. The molecule has 2 aromatic carbocycles. The summed E-state index contributed by atoms with van der Waals surface area (Å²) in [5.41, 5.74) is 5.29. The molecule has 0 spiro atoms. The van der Waals surface area contributed by atoms with E-state index in [4.69, 9.17) is 0 Å². The van der Waals surface area contributed by atoms with Crippen LogP contribution < -0.4 is 15.8 Å². The third-order valence-corrected chi connectivity index (χ3v) is 3.92. The van der Waals surface area contributed by atoms with Crippen molar-refractivity contribution in [2.45, 2.75) is 12.8 Å². The third-order valence-electron chi connectivity index (χ3n) is 3.92. The van der Waals surface area contributed by atoms with Crippen molar-refractivity contribution in [3.63, 3.8) is 0 Å². The molecule has 3 amide bonds. The minimum atomic E-state index is -0.745. The smallest absolute Gasteiger partial charge is 0.272 e. The molecule has 0 aliphatic carbocycles. The summed E-state index contributed by atoms with van der Waals surface area (Å²) in [6.45, 7) is 0.670. The van der Waals surface area contributed by atoms with Crippen LogP contribution in [-0.2, 0) is 4.79 Å². The van der Waals surface area contributed by atoms with Crippen molar-refractivity contribution in [1.29, 1.82) is 0 Å². The van der Waals surface area contributed by atoms with Gasteiger partial charge in [-0.3, -0.25) is 25.2 Å². The van der Waals surface area contributed by atoms with Gasteiger partial charge in [-0.2, -0.15) is 0 Å². The van der Waals surface area contributed by atoms with E-state index in [1.807, 2.05) is 0 Å². The van der Waals surface area contributed by atoms with Gasteiger partial charge in [0.1, 0.15) is 5.82 Å². The summed E-state index contributed by atoms with van der Waals surface area (Å²) < 4.78 is 13.5. The van der Waals surface area contributed by atoms with Crippen LogP contribution >= 0.6 is 0 Å². The molecule has 6 nitrogen and oxygen atoms in total. The number of halogens is 1. The fourth-order valence-corrected chi connectivity index (χ4v) is 2.61. The van der Waals surface area contributed by atoms with Gasteiger partial charge in [0.05, 0.1) is 5.56 Å². The van der Waals surface area contributed by atoms with Gasteiger partial charge in [0, 0.05) is 24.2 Å². The quantitative estimate of drug-likeness (QED) is 0.839. The Hall–Kier alpha value is -3.22. The van der Waals surface area contributed by atoms with Crippen LogP contribution in [-0.4, -0.2) is 24.3 Å². The van der Waals surface area contributed by atoms with Crippen molar-refractivity contribution in [2.24, 2.45) is 0 Å². The highest BCUT2D eigenvalue weighted by atomic mass is 19.1. The van der Waals surface area contributed by atoms with Gasteiger partial charge < -0.3 is 4.90 Å². The van der Waals surface area contributed by atoms with Crippen LogP contribution in [0.5, 0.6) is 0 Å². The third kappa shape index (κ3) is 3.65. The number of rotatable bonds is 3. The van der Waals surface area contributed by atoms with E-state index in [1.54, 1.807) is 29.2 Å². The van der Waals surface area contributed by atoms with Crippen LogP contribution in [0.15, 0.2) is 48.5 Å². The zero-order chi connectivity index (χ0) is 17.8. The van der Waals surface area contributed by atoms with Gasteiger partial charge >= 0.3 is 0 Å². The van der Waals surface area contributed by atoms with Gasteiger partial charge in [-0.05, 0) is 42.8 Å². The Balaban J connectivity index is 1.61. The molecule has 0 radical (unpaired) electrons. The summed E-state index contributed by atoms with van der Waals surface area (Å²) >= 11 is 0. The number of nitrogens with one attached hydrogen (secondary N) is 2. The molecule has 128 valence electrons. The molecule has 25 heavy (non-hydrogen) atoms. The number of nitrogens with zero attached hydrogens (tertiary/aromatic N) is 1. The second-order valence-electron chi connectivity index (χ2n) is 5.58. The van der Waals surface area contributed by atoms with E-state index in [0.29, 0.717) is 18.5 Å². The summed E-state index contributed by atoms with van der Waals surface area (Å²) in [6, 6.07) is 12.0. The zero-order valence-corrected chi connectivity index (χ0v) is 13.3. The number of hydrogen-bond acceptors (Lipinski definition) is 3. The largest absolute Gasteiger partial charge is 0.312 e. The minimum Gasteiger partial charge on any atom is -0.312 e. The molecule has 0 unspecified atom stereocenters. The Morgan fingerprint density at radius 3 is 2.28 bits per heavy atom. The number of carbonyl (C=O) groups is 3. The fraction of sp³-hybridized carbons (Fsp3) is 0.167. The maximum Gasteiger partial charge on any atom is 0.272 e. The van der Waals surface area contributed by atoms with E-state index < -0.39 is 17.6 Å². The number of hydrogen-bond donors (Lipinski definition) is 2. The molecule has 0 atom stereocenters. The van der Waals surface area contributed by atoms with Crippen molar-refractivity contribution in [1.82, 2.24) is 10.9 Å². The van der Waals surface area contributed by atoms with Crippen LogP contribution in [0.2, 0.25) is 0 Å². The van der Waals surface area contributed by atoms with Crippen molar-refractivity contribution < 1.29 is 18.8 Å². The van der Waals surface area contributed by atoms with Crippen LogP contribution in [0, 0.1) is 5.82 Å². The Kier molecular flexibility index (Phi) is 4.74. The summed E-state index contributed by atoms with van der Waals surface area (Å²) in [6.07, 6.45) is 1.35. The van der Waals surface area contributed by atoms with Gasteiger partial charge in [-0.25, -0.2) is 4.39 Å². The minimum absolute atomic E-state index is 0.0642. The van der Waals surface area contributed by atoms with Crippen molar-refractivity contribution >= 4 is 23.4 Å². The van der Waals surface area contributed by atoms with E-state index in [-0.39, 0.29) is 11.5 Å². The number of benzene rings is 2. The standard InChI is InChI=1S/C18H16FN3O3/c19-15-5-2-1-4-14(15)18(25)21-20-17(24)12-7-9-13(10-8-12)22-11-3-6-16(22)23/h1-2,4-5,7-10H,3,6,11H2,(H,20,24)(H,21,25). The first-order valence-electron chi connectivity index (χ1n) is 7.82. The van der Waals surface area contributed by atoms with Crippen LogP contribution in [0.25, 0.3) is 0 Å². The first-order valence-corrected chi connectivity index (χ1v) is 7.82. The summed E-state index contributed by atoms with van der Waals surface area (Å²) in [4.78, 5) is 37.3. The number of anilines is 1. The Bertz CT molecular complexity index is 821. The average molecular weight is 341 g/mol. The molecule has 0 aromatic heterocycles. The molecule has 2 N–H and O–H groups in total. The highest BCUT2D eigenvalue weighted by Gasteiger charge is 2.21. The molecule has 1 aliphatic heterocycles. The Labute approximate surface area is 143 Å². The maximum absolute atomic E-state index is 13.5. The van der Waals surface area contributed by atoms with E-state index in [1.165, 1.54) is 18.2 Å². The van der Waals surface area contributed by atoms with Crippen LogP contribution in [0.3, 0.4) is 0 Å². The number of carbonyl (C=O) groups excluding carboxylic acids is 3. The predicted octanol–water partition coefficient (Wildman–Crippen LogP) is 2.03. The van der Waals surface area contributed by atoms with Crippen molar-refractivity contribution in [2.75, 3.05) is 11.4 Å². The Morgan fingerprint density at radius 2 is 1.64 bits per heavy atom. The Morgan fingerprint density at radius 1 is 0.960 bits per heavy atom. The van der Waals surface area contributed by atoms with E-state index >= 15 is 0 Å². The lowest BCUT2D eigenvalue weighted by atomic mass is 10.2. The molecule has 2 aromatic rings. The first kappa shape index (κ1) is 16.6. The highest BCUT2D eigenvalue weighted by Crippen LogP contribution is 2.21. The average Bonchev–Trinajstić information content (AvgIpc) is 3.06. The van der Waals surface area contributed by atoms with E-state index in [2.05, 4.69) is 10.9 Å². The monoisotopic (exact) mass is 341 g/mol. The molecule has 1 heterocycles. The molecule has 0 bridgehead atoms. The van der Waals surface area contributed by atoms with E-state index in [9.17, 15) is 18.8 Å². The number of amides is 3. The molecule has 7 heteroatoms.